The Morgan fingerprint density at radius 1 is 1.35 bits per heavy atom. The molecule has 2 aliphatic rings. The number of carbonyl (C=O) groups is 2. The number of aromatic nitrogens is 2. The van der Waals surface area contributed by atoms with Gasteiger partial charge in [-0.3, -0.25) is 9.48 Å². The summed E-state index contributed by atoms with van der Waals surface area (Å²) >= 11 is 0. The minimum Gasteiger partial charge on any atom is -0.479 e. The predicted molar refractivity (Wildman–Crippen MR) is 67.2 cm³/mol. The van der Waals surface area contributed by atoms with Crippen molar-refractivity contribution in [2.45, 2.75) is 37.9 Å². The molecular formula is C13H16FN3O3. The summed E-state index contributed by atoms with van der Waals surface area (Å²) in [5, 5.41) is 13.0. The third kappa shape index (κ3) is 1.97. The highest BCUT2D eigenvalue weighted by atomic mass is 19.1. The number of fused-ring (bicyclic) bond motifs is 1. The second kappa shape index (κ2) is 4.57. The van der Waals surface area contributed by atoms with Gasteiger partial charge in [-0.2, -0.15) is 5.10 Å². The Balaban J connectivity index is 1.81. The Hall–Kier alpha value is -1.92. The summed E-state index contributed by atoms with van der Waals surface area (Å²) in [4.78, 5) is 24.6. The Bertz CT molecular complexity index is 571. The van der Waals surface area contributed by atoms with Gasteiger partial charge >= 0.3 is 5.97 Å². The van der Waals surface area contributed by atoms with E-state index in [-0.39, 0.29) is 25.4 Å². The summed E-state index contributed by atoms with van der Waals surface area (Å²) < 4.78 is 15.8. The molecule has 6 nitrogen and oxygen atoms in total. The Kier molecular flexibility index (Phi) is 2.99. The van der Waals surface area contributed by atoms with Crippen LogP contribution in [0.15, 0.2) is 6.20 Å². The Morgan fingerprint density at radius 2 is 2.15 bits per heavy atom. The van der Waals surface area contributed by atoms with Crippen molar-refractivity contribution in [1.29, 1.82) is 0 Å². The SMILES string of the molecule is O=C(c1cnn2c1CCCC2)N1CC[C@](F)(C(=O)O)C1. The van der Waals surface area contributed by atoms with Crippen LogP contribution in [0.2, 0.25) is 0 Å². The predicted octanol–water partition coefficient (Wildman–Crippen LogP) is 0.858. The highest BCUT2D eigenvalue weighted by Crippen LogP contribution is 2.28. The summed E-state index contributed by atoms with van der Waals surface area (Å²) in [7, 11) is 0. The highest BCUT2D eigenvalue weighted by Gasteiger charge is 2.47. The number of hydrogen-bond acceptors (Lipinski definition) is 3. The summed E-state index contributed by atoms with van der Waals surface area (Å²) in [6, 6.07) is 0. The third-order valence-electron chi connectivity index (χ3n) is 4.10. The monoisotopic (exact) mass is 281 g/mol. The fourth-order valence-electron chi connectivity index (χ4n) is 2.89. The maximum atomic E-state index is 14.0. The van der Waals surface area contributed by atoms with Crippen molar-refractivity contribution < 1.29 is 19.1 Å². The first kappa shape index (κ1) is 13.1. The molecule has 0 aliphatic carbocycles. The molecule has 0 aromatic carbocycles. The van der Waals surface area contributed by atoms with Crippen LogP contribution in [0.5, 0.6) is 0 Å². The maximum Gasteiger partial charge on any atom is 0.343 e. The highest BCUT2D eigenvalue weighted by molar-refractivity contribution is 5.96. The van der Waals surface area contributed by atoms with Crippen molar-refractivity contribution in [2.75, 3.05) is 13.1 Å². The lowest BCUT2D eigenvalue weighted by Gasteiger charge is -2.19. The molecule has 1 aromatic rings. The third-order valence-corrected chi connectivity index (χ3v) is 4.10. The van der Waals surface area contributed by atoms with E-state index in [1.54, 1.807) is 0 Å². The van der Waals surface area contributed by atoms with E-state index in [0.29, 0.717) is 5.56 Å². The minimum absolute atomic E-state index is 0.131. The summed E-state index contributed by atoms with van der Waals surface area (Å²) in [5.74, 6) is -1.81. The number of amides is 1. The number of carboxylic acids is 1. The van der Waals surface area contributed by atoms with Gasteiger partial charge < -0.3 is 10.0 Å². The zero-order valence-corrected chi connectivity index (χ0v) is 11.0. The number of halogens is 1. The van der Waals surface area contributed by atoms with E-state index in [1.807, 2.05) is 4.68 Å². The second-order valence-electron chi connectivity index (χ2n) is 5.43. The summed E-state index contributed by atoms with van der Waals surface area (Å²) in [5.41, 5.74) is -0.949. The quantitative estimate of drug-likeness (QED) is 0.872. The topological polar surface area (TPSA) is 75.4 Å². The lowest BCUT2D eigenvalue weighted by molar-refractivity contribution is -0.149. The number of rotatable bonds is 2. The van der Waals surface area contributed by atoms with Gasteiger partial charge in [0.25, 0.3) is 5.91 Å². The number of likely N-dealkylation sites (tertiary alicyclic amines) is 1. The van der Waals surface area contributed by atoms with E-state index in [2.05, 4.69) is 5.10 Å². The number of aryl methyl sites for hydroxylation is 1. The van der Waals surface area contributed by atoms with E-state index in [0.717, 1.165) is 31.5 Å². The summed E-state index contributed by atoms with van der Waals surface area (Å²) in [6.07, 6.45) is 4.20. The minimum atomic E-state index is -2.32. The number of hydrogen-bond donors (Lipinski definition) is 1. The van der Waals surface area contributed by atoms with Crippen LogP contribution < -0.4 is 0 Å². The fourth-order valence-corrected chi connectivity index (χ4v) is 2.89. The molecule has 108 valence electrons. The van der Waals surface area contributed by atoms with Crippen LogP contribution in [-0.2, 0) is 17.8 Å². The normalized spacial score (nSPS) is 25.6. The van der Waals surface area contributed by atoms with E-state index in [4.69, 9.17) is 5.11 Å². The molecule has 1 aromatic heterocycles. The fraction of sp³-hybridized carbons (Fsp3) is 0.615. The van der Waals surface area contributed by atoms with Crippen LogP contribution in [0.4, 0.5) is 4.39 Å². The first-order valence-corrected chi connectivity index (χ1v) is 6.77. The van der Waals surface area contributed by atoms with Gasteiger partial charge in [0.1, 0.15) is 0 Å². The first-order valence-electron chi connectivity index (χ1n) is 6.77. The Labute approximate surface area is 115 Å². The lowest BCUT2D eigenvalue weighted by Crippen LogP contribution is -2.39. The second-order valence-corrected chi connectivity index (χ2v) is 5.43. The number of nitrogens with zero attached hydrogens (tertiary/aromatic N) is 3. The van der Waals surface area contributed by atoms with Gasteiger partial charge in [0, 0.05) is 19.5 Å². The zero-order chi connectivity index (χ0) is 14.3. The smallest absolute Gasteiger partial charge is 0.343 e. The summed E-state index contributed by atoms with van der Waals surface area (Å²) in [6.45, 7) is 0.544. The van der Waals surface area contributed by atoms with Crippen LogP contribution in [0.1, 0.15) is 35.3 Å². The molecule has 20 heavy (non-hydrogen) atoms. The largest absolute Gasteiger partial charge is 0.479 e. The first-order chi connectivity index (χ1) is 9.51. The number of aliphatic carboxylic acids is 1. The molecule has 0 saturated carbocycles. The molecule has 1 atom stereocenters. The van der Waals surface area contributed by atoms with Crippen molar-refractivity contribution in [3.63, 3.8) is 0 Å². The number of carboxylic acid groups (broad SMARTS) is 1. The van der Waals surface area contributed by atoms with Gasteiger partial charge in [0.15, 0.2) is 0 Å². The van der Waals surface area contributed by atoms with Gasteiger partial charge in [-0.25, -0.2) is 9.18 Å². The molecule has 0 spiro atoms. The van der Waals surface area contributed by atoms with Crippen molar-refractivity contribution in [1.82, 2.24) is 14.7 Å². The standard InChI is InChI=1S/C13H16FN3O3/c14-13(12(19)20)4-6-16(8-13)11(18)9-7-15-17-5-2-1-3-10(9)17/h7H,1-6,8H2,(H,19,20)/t13-/m1/s1. The van der Waals surface area contributed by atoms with Gasteiger partial charge in [-0.05, 0) is 19.3 Å². The van der Waals surface area contributed by atoms with Crippen LogP contribution in [-0.4, -0.2) is 50.4 Å². The molecule has 3 rings (SSSR count). The van der Waals surface area contributed by atoms with Crippen molar-refractivity contribution in [3.8, 4) is 0 Å². The van der Waals surface area contributed by atoms with E-state index >= 15 is 0 Å². The number of alkyl halides is 1. The van der Waals surface area contributed by atoms with Gasteiger partial charge in [0.05, 0.1) is 24.0 Å². The van der Waals surface area contributed by atoms with Crippen LogP contribution in [0.25, 0.3) is 0 Å². The van der Waals surface area contributed by atoms with Gasteiger partial charge in [-0.15, -0.1) is 0 Å². The Morgan fingerprint density at radius 3 is 2.85 bits per heavy atom. The number of carbonyl (C=O) groups excluding carboxylic acids is 1. The molecule has 3 heterocycles. The van der Waals surface area contributed by atoms with Crippen LogP contribution >= 0.6 is 0 Å². The van der Waals surface area contributed by atoms with Crippen molar-refractivity contribution in [2.24, 2.45) is 0 Å². The average molecular weight is 281 g/mol. The lowest BCUT2D eigenvalue weighted by atomic mass is 10.1. The molecule has 7 heteroatoms. The average Bonchev–Trinajstić information content (AvgIpc) is 3.03. The molecule has 0 unspecified atom stereocenters. The molecule has 1 saturated heterocycles. The molecule has 1 N–H and O–H groups in total. The van der Waals surface area contributed by atoms with Crippen molar-refractivity contribution in [3.05, 3.63) is 17.5 Å². The van der Waals surface area contributed by atoms with Crippen molar-refractivity contribution >= 4 is 11.9 Å². The molecule has 0 bridgehead atoms. The molecule has 1 amide bonds. The van der Waals surface area contributed by atoms with E-state index < -0.39 is 11.6 Å². The van der Waals surface area contributed by atoms with Gasteiger partial charge in [-0.1, -0.05) is 0 Å². The molecule has 1 fully saturated rings. The van der Waals surface area contributed by atoms with E-state index in [9.17, 15) is 14.0 Å². The zero-order valence-electron chi connectivity index (χ0n) is 11.0. The molecule has 2 aliphatic heterocycles. The molecule has 0 radical (unpaired) electrons. The van der Waals surface area contributed by atoms with E-state index in [1.165, 1.54) is 11.1 Å². The maximum absolute atomic E-state index is 14.0. The van der Waals surface area contributed by atoms with Crippen LogP contribution in [0, 0.1) is 0 Å². The molecular weight excluding hydrogens is 265 g/mol. The van der Waals surface area contributed by atoms with Crippen LogP contribution in [0.3, 0.4) is 0 Å². The van der Waals surface area contributed by atoms with Gasteiger partial charge in [0.2, 0.25) is 5.67 Å².